The molecule has 1 saturated carbocycles. The summed E-state index contributed by atoms with van der Waals surface area (Å²) >= 11 is 0. The largest absolute Gasteiger partial charge is 0.0622 e. The molecule has 0 bridgehead atoms. The Morgan fingerprint density at radius 2 is 1.83 bits per heavy atom. The van der Waals surface area contributed by atoms with Crippen molar-refractivity contribution in [2.75, 3.05) is 0 Å². The van der Waals surface area contributed by atoms with Crippen molar-refractivity contribution in [1.29, 1.82) is 0 Å². The van der Waals surface area contributed by atoms with Crippen LogP contribution in [0.5, 0.6) is 0 Å². The minimum absolute atomic E-state index is 0.704. The average Bonchev–Trinajstić information content (AvgIpc) is 2.84. The highest BCUT2D eigenvalue weighted by Crippen LogP contribution is 2.48. The van der Waals surface area contributed by atoms with Crippen molar-refractivity contribution in [3.05, 3.63) is 35.9 Å². The van der Waals surface area contributed by atoms with Gasteiger partial charge in [-0.3, -0.25) is 0 Å². The van der Waals surface area contributed by atoms with Crippen molar-refractivity contribution in [2.24, 2.45) is 5.41 Å². The first kappa shape index (κ1) is 7.85. The SMILES string of the molecule is CC1(CCc2ccccc2)CC1. The predicted molar refractivity (Wildman–Crippen MR) is 52.1 cm³/mol. The summed E-state index contributed by atoms with van der Waals surface area (Å²) in [6.45, 7) is 2.40. The molecule has 1 fully saturated rings. The van der Waals surface area contributed by atoms with E-state index >= 15 is 0 Å². The maximum absolute atomic E-state index is 2.40. The first-order valence-electron chi connectivity index (χ1n) is 4.82. The van der Waals surface area contributed by atoms with Gasteiger partial charge in [0.2, 0.25) is 0 Å². The van der Waals surface area contributed by atoms with E-state index in [1.165, 1.54) is 31.2 Å². The fourth-order valence-corrected chi connectivity index (χ4v) is 1.55. The molecule has 0 heteroatoms. The third-order valence-electron chi connectivity index (χ3n) is 2.96. The Bertz CT molecular complexity index is 244. The molecular formula is C12H16. The van der Waals surface area contributed by atoms with Crippen molar-refractivity contribution >= 4 is 0 Å². The second-order valence-corrected chi connectivity index (χ2v) is 4.30. The van der Waals surface area contributed by atoms with Gasteiger partial charge < -0.3 is 0 Å². The molecule has 1 aromatic carbocycles. The van der Waals surface area contributed by atoms with E-state index < -0.39 is 0 Å². The zero-order chi connectivity index (χ0) is 8.44. The van der Waals surface area contributed by atoms with Crippen molar-refractivity contribution in [3.63, 3.8) is 0 Å². The van der Waals surface area contributed by atoms with E-state index in [-0.39, 0.29) is 0 Å². The van der Waals surface area contributed by atoms with Crippen LogP contribution in [0.2, 0.25) is 0 Å². The monoisotopic (exact) mass is 160 g/mol. The Morgan fingerprint density at radius 3 is 2.42 bits per heavy atom. The van der Waals surface area contributed by atoms with Crippen LogP contribution in [0, 0.1) is 5.41 Å². The highest BCUT2D eigenvalue weighted by atomic mass is 14.4. The van der Waals surface area contributed by atoms with Gasteiger partial charge in [-0.25, -0.2) is 0 Å². The maximum atomic E-state index is 2.40. The zero-order valence-electron chi connectivity index (χ0n) is 7.72. The Labute approximate surface area is 74.6 Å². The van der Waals surface area contributed by atoms with E-state index in [1.807, 2.05) is 0 Å². The topological polar surface area (TPSA) is 0 Å². The van der Waals surface area contributed by atoms with E-state index in [0.717, 1.165) is 0 Å². The Hall–Kier alpha value is -0.780. The summed E-state index contributed by atoms with van der Waals surface area (Å²) in [5.74, 6) is 0. The van der Waals surface area contributed by atoms with Gasteiger partial charge in [0.1, 0.15) is 0 Å². The lowest BCUT2D eigenvalue weighted by molar-refractivity contribution is 0.518. The van der Waals surface area contributed by atoms with Crippen LogP contribution in [-0.2, 0) is 6.42 Å². The third-order valence-corrected chi connectivity index (χ3v) is 2.96. The van der Waals surface area contributed by atoms with Crippen molar-refractivity contribution in [3.8, 4) is 0 Å². The molecule has 0 heterocycles. The normalized spacial score (nSPS) is 19.1. The van der Waals surface area contributed by atoms with Crippen LogP contribution in [0.15, 0.2) is 30.3 Å². The number of hydrogen-bond acceptors (Lipinski definition) is 0. The Balaban J connectivity index is 1.88. The summed E-state index contributed by atoms with van der Waals surface area (Å²) in [4.78, 5) is 0. The second-order valence-electron chi connectivity index (χ2n) is 4.30. The zero-order valence-corrected chi connectivity index (χ0v) is 7.72. The molecule has 1 aliphatic rings. The summed E-state index contributed by atoms with van der Waals surface area (Å²) in [6, 6.07) is 10.8. The molecule has 1 aliphatic carbocycles. The lowest BCUT2D eigenvalue weighted by Crippen LogP contribution is -1.95. The minimum Gasteiger partial charge on any atom is -0.0622 e. The van der Waals surface area contributed by atoms with Crippen LogP contribution in [0.1, 0.15) is 31.7 Å². The number of benzene rings is 1. The molecule has 0 N–H and O–H groups in total. The molecular weight excluding hydrogens is 144 g/mol. The van der Waals surface area contributed by atoms with Crippen LogP contribution in [0.3, 0.4) is 0 Å². The molecule has 1 aromatic rings. The van der Waals surface area contributed by atoms with Gasteiger partial charge >= 0.3 is 0 Å². The number of aryl methyl sites for hydroxylation is 1. The predicted octanol–water partition coefficient (Wildman–Crippen LogP) is 3.42. The molecule has 0 aromatic heterocycles. The summed E-state index contributed by atoms with van der Waals surface area (Å²) in [5, 5.41) is 0. The second kappa shape index (κ2) is 2.93. The molecule has 0 saturated heterocycles. The molecule has 12 heavy (non-hydrogen) atoms. The molecule has 0 radical (unpaired) electrons. The van der Waals surface area contributed by atoms with E-state index in [2.05, 4.69) is 37.3 Å². The van der Waals surface area contributed by atoms with E-state index in [4.69, 9.17) is 0 Å². The summed E-state index contributed by atoms with van der Waals surface area (Å²) in [6.07, 6.45) is 5.52. The summed E-state index contributed by atoms with van der Waals surface area (Å²) < 4.78 is 0. The standard InChI is InChI=1S/C12H16/c1-12(9-10-12)8-7-11-5-3-2-4-6-11/h2-6H,7-10H2,1H3. The molecule has 0 aliphatic heterocycles. The molecule has 0 spiro atoms. The lowest BCUT2D eigenvalue weighted by Gasteiger charge is -2.06. The summed E-state index contributed by atoms with van der Waals surface area (Å²) in [5.41, 5.74) is 2.20. The smallest absolute Gasteiger partial charge is 0.0274 e. The first-order chi connectivity index (χ1) is 5.79. The third kappa shape index (κ3) is 1.88. The van der Waals surface area contributed by atoms with Gasteiger partial charge in [-0.05, 0) is 36.7 Å². The van der Waals surface area contributed by atoms with E-state index in [0.29, 0.717) is 5.41 Å². The van der Waals surface area contributed by atoms with Crippen LogP contribution in [0.4, 0.5) is 0 Å². The molecule has 0 nitrogen and oxygen atoms in total. The van der Waals surface area contributed by atoms with Gasteiger partial charge in [0.15, 0.2) is 0 Å². The van der Waals surface area contributed by atoms with Gasteiger partial charge in [0.25, 0.3) is 0 Å². The maximum Gasteiger partial charge on any atom is -0.0274 e. The fourth-order valence-electron chi connectivity index (χ4n) is 1.55. The van der Waals surface area contributed by atoms with Gasteiger partial charge in [0.05, 0.1) is 0 Å². The lowest BCUT2D eigenvalue weighted by atomic mass is 9.99. The molecule has 64 valence electrons. The Morgan fingerprint density at radius 1 is 1.17 bits per heavy atom. The quantitative estimate of drug-likeness (QED) is 0.635. The van der Waals surface area contributed by atoms with Gasteiger partial charge in [0, 0.05) is 0 Å². The fraction of sp³-hybridized carbons (Fsp3) is 0.500. The van der Waals surface area contributed by atoms with Crippen LogP contribution >= 0.6 is 0 Å². The minimum atomic E-state index is 0.704. The molecule has 0 unspecified atom stereocenters. The van der Waals surface area contributed by atoms with Crippen LogP contribution < -0.4 is 0 Å². The van der Waals surface area contributed by atoms with Crippen molar-refractivity contribution in [2.45, 2.75) is 32.6 Å². The highest BCUT2D eigenvalue weighted by molar-refractivity contribution is 5.15. The van der Waals surface area contributed by atoms with Gasteiger partial charge in [-0.15, -0.1) is 0 Å². The first-order valence-corrected chi connectivity index (χ1v) is 4.82. The van der Waals surface area contributed by atoms with Crippen LogP contribution in [-0.4, -0.2) is 0 Å². The van der Waals surface area contributed by atoms with Crippen LogP contribution in [0.25, 0.3) is 0 Å². The van der Waals surface area contributed by atoms with Crippen molar-refractivity contribution in [1.82, 2.24) is 0 Å². The average molecular weight is 160 g/mol. The Kier molecular flexibility index (Phi) is 1.92. The van der Waals surface area contributed by atoms with E-state index in [9.17, 15) is 0 Å². The van der Waals surface area contributed by atoms with Crippen molar-refractivity contribution < 1.29 is 0 Å². The number of rotatable bonds is 3. The molecule has 0 amide bonds. The van der Waals surface area contributed by atoms with Gasteiger partial charge in [-0.1, -0.05) is 37.3 Å². The van der Waals surface area contributed by atoms with Gasteiger partial charge in [-0.2, -0.15) is 0 Å². The summed E-state index contributed by atoms with van der Waals surface area (Å²) in [7, 11) is 0. The van der Waals surface area contributed by atoms with E-state index in [1.54, 1.807) is 0 Å². The molecule has 0 atom stereocenters. The number of hydrogen-bond donors (Lipinski definition) is 0. The highest BCUT2D eigenvalue weighted by Gasteiger charge is 2.36. The molecule has 2 rings (SSSR count).